The topological polar surface area (TPSA) is 29.1 Å². The van der Waals surface area contributed by atoms with E-state index in [-0.39, 0.29) is 11.3 Å². The fraction of sp³-hybridized carbons (Fsp3) is 0.971. The van der Waals surface area contributed by atoms with Crippen LogP contribution in [0.5, 0.6) is 0 Å². The van der Waals surface area contributed by atoms with Crippen LogP contribution >= 0.6 is 0 Å². The molecule has 6 saturated carbocycles. The molecule has 0 aromatic carbocycles. The summed E-state index contributed by atoms with van der Waals surface area (Å²) < 4.78 is 0. The summed E-state index contributed by atoms with van der Waals surface area (Å²) in [5.74, 6) is 3.83. The Hall–Kier alpha value is -0.465. The van der Waals surface area contributed by atoms with Crippen LogP contribution in [0.1, 0.15) is 180 Å². The Bertz CT molecular complexity index is 668. The van der Waals surface area contributed by atoms with Crippen molar-refractivity contribution >= 4 is 13.1 Å². The van der Waals surface area contributed by atoms with Gasteiger partial charge in [0.1, 0.15) is 0 Å². The molecule has 1 amide bonds. The highest BCUT2D eigenvalue weighted by Crippen LogP contribution is 2.58. The first-order valence-electron chi connectivity index (χ1n) is 17.8. The molecule has 6 aliphatic carbocycles. The predicted octanol–water partition coefficient (Wildman–Crippen LogP) is 10.8. The molecule has 0 unspecified atom stereocenters. The maximum Gasteiger partial charge on any atom is 0.236 e. The van der Waals surface area contributed by atoms with Gasteiger partial charge in [0.05, 0.1) is 0 Å². The molecule has 2 bridgehead atoms. The Morgan fingerprint density at radius 2 is 0.921 bits per heavy atom. The van der Waals surface area contributed by atoms with Crippen LogP contribution in [-0.2, 0) is 0 Å². The first kappa shape index (κ1) is 29.0. The zero-order valence-electron chi connectivity index (χ0n) is 25.1. The second-order valence-electron chi connectivity index (χ2n) is 15.0. The summed E-state index contributed by atoms with van der Waals surface area (Å²) in [6.45, 7) is 0. The van der Waals surface area contributed by atoms with Crippen molar-refractivity contribution in [3.63, 3.8) is 0 Å². The van der Waals surface area contributed by atoms with E-state index in [9.17, 15) is 4.79 Å². The number of amides is 1. The number of hydrogen-bond donors (Lipinski definition) is 1. The van der Waals surface area contributed by atoms with E-state index in [1.165, 1.54) is 180 Å². The molecular weight excluding hydrogens is 461 g/mol. The highest BCUT2D eigenvalue weighted by atomic mass is 16.1. The zero-order valence-corrected chi connectivity index (χ0v) is 25.1. The van der Waals surface area contributed by atoms with Crippen LogP contribution in [0.4, 0.5) is 4.79 Å². The zero-order chi connectivity index (χ0) is 26.1. The van der Waals surface area contributed by atoms with Crippen molar-refractivity contribution in [3.05, 3.63) is 0 Å². The molecule has 6 aliphatic rings. The lowest BCUT2D eigenvalue weighted by Crippen LogP contribution is -2.58. The van der Waals surface area contributed by atoms with Gasteiger partial charge in [-0.25, -0.2) is 0 Å². The van der Waals surface area contributed by atoms with Crippen molar-refractivity contribution in [3.8, 4) is 0 Å². The van der Waals surface area contributed by atoms with Crippen molar-refractivity contribution in [2.45, 2.75) is 191 Å². The van der Waals surface area contributed by atoms with E-state index in [1.54, 1.807) is 0 Å². The van der Waals surface area contributed by atoms with E-state index in [0.717, 1.165) is 17.8 Å². The van der Waals surface area contributed by atoms with Crippen molar-refractivity contribution in [2.75, 3.05) is 0 Å². The summed E-state index contributed by atoms with van der Waals surface area (Å²) in [6.07, 6.45) is 39.5. The maximum atomic E-state index is 13.2. The number of fused-ring (bicyclic) bond motifs is 3. The van der Waals surface area contributed by atoms with Gasteiger partial charge in [0.15, 0.2) is 5.81 Å². The summed E-state index contributed by atoms with van der Waals surface area (Å²) in [5.41, 5.74) is 0.732. The summed E-state index contributed by atoms with van der Waals surface area (Å²) >= 11 is 0. The van der Waals surface area contributed by atoms with E-state index in [4.69, 9.17) is 0 Å². The Morgan fingerprint density at radius 3 is 1.42 bits per heavy atom. The molecule has 0 aromatic rings. The third kappa shape index (κ3) is 7.84. The van der Waals surface area contributed by atoms with Gasteiger partial charge >= 0.3 is 0 Å². The monoisotopic (exact) mass is 522 g/mol. The van der Waals surface area contributed by atoms with Gasteiger partial charge in [-0.05, 0) is 74.5 Å². The van der Waals surface area contributed by atoms with Crippen molar-refractivity contribution in [1.29, 1.82) is 0 Å². The van der Waals surface area contributed by atoms with Crippen LogP contribution in [0.25, 0.3) is 0 Å². The third-order valence-corrected chi connectivity index (χ3v) is 12.7. The predicted molar refractivity (Wildman–Crippen MR) is 163 cm³/mol. The summed E-state index contributed by atoms with van der Waals surface area (Å²) in [7, 11) is 2.12. The van der Waals surface area contributed by atoms with E-state index in [2.05, 4.69) is 12.6 Å². The van der Waals surface area contributed by atoms with Gasteiger partial charge in [0, 0.05) is 5.54 Å². The van der Waals surface area contributed by atoms with Crippen LogP contribution in [0.15, 0.2) is 0 Å². The molecule has 0 aliphatic heterocycles. The highest BCUT2D eigenvalue weighted by molar-refractivity contribution is 6.74. The summed E-state index contributed by atoms with van der Waals surface area (Å²) in [6, 6.07) is 0. The van der Waals surface area contributed by atoms with Crippen molar-refractivity contribution < 1.29 is 4.79 Å². The first-order valence-corrected chi connectivity index (χ1v) is 17.8. The van der Waals surface area contributed by atoms with Gasteiger partial charge < -0.3 is 5.32 Å². The summed E-state index contributed by atoms with van der Waals surface area (Å²) in [4.78, 5) is 13.2. The largest absolute Gasteiger partial charge is 0.360 e. The fourth-order valence-electron chi connectivity index (χ4n) is 10.1. The molecule has 2 nitrogen and oxygen atoms in total. The van der Waals surface area contributed by atoms with Crippen LogP contribution in [-0.4, -0.2) is 18.6 Å². The first-order chi connectivity index (χ1) is 18.7. The molecule has 0 spiro atoms. The minimum atomic E-state index is 0.121. The minimum Gasteiger partial charge on any atom is -0.360 e. The molecule has 1 N–H and O–H groups in total. The lowest BCUT2D eigenvalue weighted by molar-refractivity contribution is -0.0267. The standard InChI is InChI=1S/C35H61BNO/c38-33(36-32-21-11-7-2-1-3-8-12-22-32)37-35-26-23-34(24-27-35,25-28-35)31-19-13-17-30(18-14-20-31)29-15-9-5-4-6-10-16-29/h29-32H,1-28H2,(H,37,38). The molecule has 215 valence electrons. The van der Waals surface area contributed by atoms with Gasteiger partial charge in [-0.15, -0.1) is 0 Å². The van der Waals surface area contributed by atoms with Crippen LogP contribution in [0.3, 0.4) is 0 Å². The van der Waals surface area contributed by atoms with Gasteiger partial charge in [0.25, 0.3) is 0 Å². The van der Waals surface area contributed by atoms with Gasteiger partial charge in [-0.3, -0.25) is 4.79 Å². The quantitative estimate of drug-likeness (QED) is 0.357. The number of nitrogens with one attached hydrogen (secondary N) is 1. The molecule has 0 heterocycles. The fourth-order valence-corrected chi connectivity index (χ4v) is 10.1. The summed E-state index contributed by atoms with van der Waals surface area (Å²) in [5, 5.41) is 3.63. The molecule has 38 heavy (non-hydrogen) atoms. The molecule has 6 fully saturated rings. The molecule has 0 atom stereocenters. The van der Waals surface area contributed by atoms with E-state index in [0.29, 0.717) is 11.2 Å². The second-order valence-corrected chi connectivity index (χ2v) is 15.0. The molecule has 1 radical (unpaired) electrons. The Labute approximate surface area is 237 Å². The Kier molecular flexibility index (Phi) is 11.0. The number of carbonyl (C=O) groups excluding carboxylic acids is 1. The number of hydrogen-bond acceptors (Lipinski definition) is 1. The van der Waals surface area contributed by atoms with Gasteiger partial charge in [-0.2, -0.15) is 0 Å². The molecular formula is C35H61BNO. The van der Waals surface area contributed by atoms with Crippen LogP contribution in [0.2, 0.25) is 5.82 Å². The number of rotatable bonds is 5. The Morgan fingerprint density at radius 1 is 0.500 bits per heavy atom. The molecule has 3 heteroatoms. The number of carbonyl (C=O) groups is 1. The lowest BCUT2D eigenvalue weighted by atomic mass is 9.51. The SMILES string of the molecule is O=C([B]C1CCCCCCCCC1)NC12CCC(C3CCCC(C4CCCCCCC4)CCC3)(CC1)CC2. The maximum absolute atomic E-state index is 13.2. The lowest BCUT2D eigenvalue weighted by Gasteiger charge is -2.57. The Balaban J connectivity index is 1.07. The van der Waals surface area contributed by atoms with Crippen LogP contribution in [0, 0.1) is 23.2 Å². The molecule has 0 saturated heterocycles. The van der Waals surface area contributed by atoms with E-state index in [1.807, 2.05) is 0 Å². The van der Waals surface area contributed by atoms with Crippen molar-refractivity contribution in [1.82, 2.24) is 5.32 Å². The molecule has 0 aromatic heterocycles. The third-order valence-electron chi connectivity index (χ3n) is 12.7. The second kappa shape index (κ2) is 14.4. The van der Waals surface area contributed by atoms with Crippen LogP contribution < -0.4 is 5.32 Å². The normalized spacial score (nSPS) is 37.3. The highest BCUT2D eigenvalue weighted by Gasteiger charge is 2.52. The molecule has 6 rings (SSSR count). The van der Waals surface area contributed by atoms with Gasteiger partial charge in [0.2, 0.25) is 7.28 Å². The average molecular weight is 523 g/mol. The van der Waals surface area contributed by atoms with E-state index < -0.39 is 0 Å². The van der Waals surface area contributed by atoms with E-state index >= 15 is 0 Å². The average Bonchev–Trinajstić information content (AvgIpc) is 2.89. The van der Waals surface area contributed by atoms with Crippen molar-refractivity contribution in [2.24, 2.45) is 23.2 Å². The minimum absolute atomic E-state index is 0.121. The van der Waals surface area contributed by atoms with Gasteiger partial charge in [-0.1, -0.05) is 134 Å². The smallest absolute Gasteiger partial charge is 0.236 e.